The molecule has 0 amide bonds. The third-order valence-corrected chi connectivity index (χ3v) is 5.53. The lowest BCUT2D eigenvalue weighted by molar-refractivity contribution is -0.137. The molecule has 18 heavy (non-hydrogen) atoms. The van der Waals surface area contributed by atoms with Crippen molar-refractivity contribution in [2.24, 2.45) is 0 Å². The van der Waals surface area contributed by atoms with E-state index < -0.39 is 26.8 Å². The van der Waals surface area contributed by atoms with Crippen LogP contribution in [-0.2, 0) is 16.0 Å². The molecule has 2 rings (SSSR count). The second-order valence-corrected chi connectivity index (χ2v) is 6.70. The Labute approximate surface area is 104 Å². The van der Waals surface area contributed by atoms with Crippen LogP contribution in [-0.4, -0.2) is 13.7 Å². The van der Waals surface area contributed by atoms with Gasteiger partial charge in [0.25, 0.3) is 0 Å². The van der Waals surface area contributed by atoms with Crippen LogP contribution >= 0.6 is 0 Å². The standard InChI is InChI=1S/C12H13F3O2S/c13-12(14,15)9-5-7-11(8-6-9)18(16,17)10-3-1-2-4-10/h5-8,10H,1-4H2. The van der Waals surface area contributed by atoms with Gasteiger partial charge in [-0.2, -0.15) is 13.2 Å². The van der Waals surface area contributed by atoms with Crippen LogP contribution in [0.2, 0.25) is 0 Å². The summed E-state index contributed by atoms with van der Waals surface area (Å²) in [6.45, 7) is 0. The summed E-state index contributed by atoms with van der Waals surface area (Å²) in [5, 5.41) is -0.436. The van der Waals surface area contributed by atoms with E-state index in [1.807, 2.05) is 0 Å². The molecule has 1 aromatic rings. The van der Waals surface area contributed by atoms with Crippen LogP contribution in [0.5, 0.6) is 0 Å². The van der Waals surface area contributed by atoms with Crippen LogP contribution in [0.3, 0.4) is 0 Å². The van der Waals surface area contributed by atoms with Crippen LogP contribution in [0, 0.1) is 0 Å². The molecule has 0 atom stereocenters. The molecule has 0 spiro atoms. The Morgan fingerprint density at radius 1 is 1.00 bits per heavy atom. The van der Waals surface area contributed by atoms with Crippen LogP contribution in [0.25, 0.3) is 0 Å². The van der Waals surface area contributed by atoms with Gasteiger partial charge in [0, 0.05) is 0 Å². The Kier molecular flexibility index (Phi) is 3.40. The number of rotatable bonds is 2. The van der Waals surface area contributed by atoms with Crippen LogP contribution in [0.1, 0.15) is 31.2 Å². The van der Waals surface area contributed by atoms with Crippen molar-refractivity contribution in [3.8, 4) is 0 Å². The van der Waals surface area contributed by atoms with Gasteiger partial charge in [-0.15, -0.1) is 0 Å². The van der Waals surface area contributed by atoms with Crippen molar-refractivity contribution < 1.29 is 21.6 Å². The van der Waals surface area contributed by atoms with E-state index in [4.69, 9.17) is 0 Å². The third kappa shape index (κ3) is 2.53. The van der Waals surface area contributed by atoms with Gasteiger partial charge in [0.2, 0.25) is 0 Å². The number of halogens is 3. The highest BCUT2D eigenvalue weighted by Gasteiger charge is 2.33. The quantitative estimate of drug-likeness (QED) is 0.830. The lowest BCUT2D eigenvalue weighted by Crippen LogP contribution is -2.18. The Bertz CT molecular complexity index is 511. The zero-order valence-corrected chi connectivity index (χ0v) is 10.4. The van der Waals surface area contributed by atoms with Crippen molar-refractivity contribution in [2.45, 2.75) is 42.0 Å². The predicted molar refractivity (Wildman–Crippen MR) is 60.9 cm³/mol. The largest absolute Gasteiger partial charge is 0.416 e. The van der Waals surface area contributed by atoms with Crippen molar-refractivity contribution >= 4 is 9.84 Å². The fourth-order valence-electron chi connectivity index (χ4n) is 2.22. The minimum atomic E-state index is -4.43. The van der Waals surface area contributed by atoms with Crippen molar-refractivity contribution in [3.63, 3.8) is 0 Å². The molecule has 100 valence electrons. The molecule has 0 saturated heterocycles. The SMILES string of the molecule is O=S(=O)(c1ccc(C(F)(F)F)cc1)C1CCCC1. The molecule has 0 bridgehead atoms. The van der Waals surface area contributed by atoms with E-state index in [1.54, 1.807) is 0 Å². The topological polar surface area (TPSA) is 34.1 Å². The molecule has 1 aliphatic rings. The van der Waals surface area contributed by atoms with Crippen molar-refractivity contribution in [2.75, 3.05) is 0 Å². The first-order valence-electron chi connectivity index (χ1n) is 5.73. The summed E-state index contributed by atoms with van der Waals surface area (Å²) in [6, 6.07) is 3.75. The number of alkyl halides is 3. The summed E-state index contributed by atoms with van der Waals surface area (Å²) in [4.78, 5) is -0.0117. The molecule has 0 unspecified atom stereocenters. The first-order valence-corrected chi connectivity index (χ1v) is 7.27. The van der Waals surface area contributed by atoms with E-state index in [9.17, 15) is 21.6 Å². The monoisotopic (exact) mass is 278 g/mol. The van der Waals surface area contributed by atoms with Gasteiger partial charge in [-0.1, -0.05) is 12.8 Å². The maximum Gasteiger partial charge on any atom is 0.416 e. The molecular weight excluding hydrogens is 265 g/mol. The number of benzene rings is 1. The smallest absolute Gasteiger partial charge is 0.223 e. The second kappa shape index (κ2) is 4.57. The fraction of sp³-hybridized carbons (Fsp3) is 0.500. The molecule has 1 saturated carbocycles. The maximum atomic E-state index is 12.4. The van der Waals surface area contributed by atoms with Gasteiger partial charge in [0.05, 0.1) is 15.7 Å². The van der Waals surface area contributed by atoms with E-state index in [0.717, 1.165) is 37.1 Å². The molecule has 1 fully saturated rings. The highest BCUT2D eigenvalue weighted by molar-refractivity contribution is 7.92. The average molecular weight is 278 g/mol. The van der Waals surface area contributed by atoms with Crippen LogP contribution < -0.4 is 0 Å². The second-order valence-electron chi connectivity index (χ2n) is 4.47. The summed E-state index contributed by atoms with van der Waals surface area (Å²) in [7, 11) is -3.47. The Hall–Kier alpha value is -1.04. The van der Waals surface area contributed by atoms with E-state index in [2.05, 4.69) is 0 Å². The molecule has 2 nitrogen and oxygen atoms in total. The minimum Gasteiger partial charge on any atom is -0.223 e. The van der Waals surface area contributed by atoms with Crippen molar-refractivity contribution in [3.05, 3.63) is 29.8 Å². The van der Waals surface area contributed by atoms with Gasteiger partial charge in [-0.05, 0) is 37.1 Å². The summed E-state index contributed by atoms with van der Waals surface area (Å²) in [5.74, 6) is 0. The minimum absolute atomic E-state index is 0.0117. The summed E-state index contributed by atoms with van der Waals surface area (Å²) < 4.78 is 61.3. The highest BCUT2D eigenvalue weighted by Crippen LogP contribution is 2.32. The van der Waals surface area contributed by atoms with Gasteiger partial charge in [0.15, 0.2) is 9.84 Å². The summed E-state index contributed by atoms with van der Waals surface area (Å²) >= 11 is 0. The first-order chi connectivity index (χ1) is 8.32. The highest BCUT2D eigenvalue weighted by atomic mass is 32.2. The van der Waals surface area contributed by atoms with Gasteiger partial charge in [-0.3, -0.25) is 0 Å². The molecule has 1 aromatic carbocycles. The molecule has 0 N–H and O–H groups in total. The average Bonchev–Trinajstić information content (AvgIpc) is 2.82. The summed E-state index contributed by atoms with van der Waals surface area (Å²) in [6.07, 6.45) is -1.50. The first kappa shape index (κ1) is 13.4. The predicted octanol–water partition coefficient (Wildman–Crippen LogP) is 3.42. The molecule has 0 aliphatic heterocycles. The number of sulfone groups is 1. The zero-order chi connectivity index (χ0) is 13.4. The van der Waals surface area contributed by atoms with E-state index in [-0.39, 0.29) is 4.90 Å². The molecular formula is C12H13F3O2S. The van der Waals surface area contributed by atoms with E-state index in [0.29, 0.717) is 12.8 Å². The Morgan fingerprint density at radius 2 is 1.50 bits per heavy atom. The van der Waals surface area contributed by atoms with E-state index in [1.165, 1.54) is 0 Å². The lowest BCUT2D eigenvalue weighted by Gasteiger charge is -2.12. The molecule has 0 aromatic heterocycles. The molecule has 0 radical (unpaired) electrons. The lowest BCUT2D eigenvalue weighted by atomic mass is 10.2. The molecule has 6 heteroatoms. The van der Waals surface area contributed by atoms with Gasteiger partial charge in [0.1, 0.15) is 0 Å². The third-order valence-electron chi connectivity index (χ3n) is 3.25. The Morgan fingerprint density at radius 3 is 1.94 bits per heavy atom. The number of hydrogen-bond acceptors (Lipinski definition) is 2. The molecule has 1 aliphatic carbocycles. The van der Waals surface area contributed by atoms with Gasteiger partial charge < -0.3 is 0 Å². The number of hydrogen-bond donors (Lipinski definition) is 0. The van der Waals surface area contributed by atoms with Crippen molar-refractivity contribution in [1.29, 1.82) is 0 Å². The van der Waals surface area contributed by atoms with Crippen LogP contribution in [0.15, 0.2) is 29.2 Å². The van der Waals surface area contributed by atoms with Gasteiger partial charge in [-0.25, -0.2) is 8.42 Å². The normalized spacial score (nSPS) is 18.2. The van der Waals surface area contributed by atoms with Crippen molar-refractivity contribution in [1.82, 2.24) is 0 Å². The summed E-state index contributed by atoms with van der Waals surface area (Å²) in [5.41, 5.74) is -0.826. The van der Waals surface area contributed by atoms with Gasteiger partial charge >= 0.3 is 6.18 Å². The van der Waals surface area contributed by atoms with E-state index >= 15 is 0 Å². The zero-order valence-electron chi connectivity index (χ0n) is 9.57. The maximum absolute atomic E-state index is 12.4. The Balaban J connectivity index is 2.29. The molecule has 0 heterocycles. The van der Waals surface area contributed by atoms with Crippen LogP contribution in [0.4, 0.5) is 13.2 Å². The fourth-order valence-corrected chi connectivity index (χ4v) is 4.08.